The number of aryl methyl sites for hydroxylation is 1. The number of amides is 2. The molecule has 0 spiro atoms. The van der Waals surface area contributed by atoms with E-state index in [1.807, 2.05) is 44.2 Å². The molecule has 0 atom stereocenters. The van der Waals surface area contributed by atoms with Gasteiger partial charge in [0, 0.05) is 28.9 Å². The van der Waals surface area contributed by atoms with Crippen LogP contribution in [0.1, 0.15) is 33.5 Å². The van der Waals surface area contributed by atoms with Gasteiger partial charge >= 0.3 is 0 Å². The average Bonchev–Trinajstić information content (AvgIpc) is 3.36. The highest BCUT2D eigenvalue weighted by Gasteiger charge is 2.17. The van der Waals surface area contributed by atoms with Gasteiger partial charge < -0.3 is 15.2 Å². The second-order valence-electron chi connectivity index (χ2n) is 6.79. The molecule has 6 nitrogen and oxygen atoms in total. The Balaban J connectivity index is 1.55. The van der Waals surface area contributed by atoms with Gasteiger partial charge in [-0.2, -0.15) is 0 Å². The fourth-order valence-corrected chi connectivity index (χ4v) is 4.88. The number of hydrogen-bond acceptors (Lipinski definition) is 5. The van der Waals surface area contributed by atoms with Crippen molar-refractivity contribution in [2.45, 2.75) is 27.3 Å². The minimum Gasteiger partial charge on any atom is -0.343 e. The number of carbonyl (C=O) groups excluding carboxylic acids is 2. The number of fused-ring (bicyclic) bond motifs is 1. The topological polar surface area (TPSA) is 76.0 Å². The number of aromatic nitrogens is 2. The Morgan fingerprint density at radius 3 is 2.69 bits per heavy atom. The second kappa shape index (κ2) is 7.81. The molecular weight excluding hydrogens is 404 g/mol. The first-order valence-electron chi connectivity index (χ1n) is 9.09. The Hall–Kier alpha value is -2.97. The summed E-state index contributed by atoms with van der Waals surface area (Å²) in [5.41, 5.74) is 4.15. The lowest BCUT2D eigenvalue weighted by atomic mass is 10.2. The van der Waals surface area contributed by atoms with Gasteiger partial charge in [0.2, 0.25) is 5.91 Å². The maximum atomic E-state index is 12.9. The van der Waals surface area contributed by atoms with Crippen LogP contribution >= 0.6 is 22.7 Å². The number of anilines is 2. The van der Waals surface area contributed by atoms with Gasteiger partial charge in [0.25, 0.3) is 5.91 Å². The van der Waals surface area contributed by atoms with E-state index in [2.05, 4.69) is 31.6 Å². The molecule has 0 saturated carbocycles. The van der Waals surface area contributed by atoms with Gasteiger partial charge in [-0.1, -0.05) is 17.4 Å². The number of nitrogens with one attached hydrogen (secondary N) is 2. The summed E-state index contributed by atoms with van der Waals surface area (Å²) >= 11 is 3.09. The van der Waals surface area contributed by atoms with Gasteiger partial charge in [0.15, 0.2) is 5.13 Å². The molecule has 1 aromatic carbocycles. The molecule has 0 saturated heterocycles. The van der Waals surface area contributed by atoms with Crippen LogP contribution in [0.2, 0.25) is 0 Å². The lowest BCUT2D eigenvalue weighted by Crippen LogP contribution is -2.13. The van der Waals surface area contributed by atoms with Crippen LogP contribution in [0.4, 0.5) is 10.8 Å². The van der Waals surface area contributed by atoms with E-state index in [-0.39, 0.29) is 11.8 Å². The van der Waals surface area contributed by atoms with E-state index < -0.39 is 0 Å². The van der Waals surface area contributed by atoms with Crippen LogP contribution < -0.4 is 10.6 Å². The maximum Gasteiger partial charge on any atom is 0.257 e. The predicted molar refractivity (Wildman–Crippen MR) is 119 cm³/mol. The molecule has 0 radical (unpaired) electrons. The number of carbonyl (C=O) groups is 2. The van der Waals surface area contributed by atoms with Crippen LogP contribution in [0.15, 0.2) is 41.8 Å². The van der Waals surface area contributed by atoms with E-state index in [1.54, 1.807) is 11.3 Å². The molecule has 0 aliphatic carbocycles. The molecule has 2 N–H and O–H groups in total. The highest BCUT2D eigenvalue weighted by atomic mass is 32.1. The Bertz CT molecular complexity index is 1210. The highest BCUT2D eigenvalue weighted by molar-refractivity contribution is 7.22. The fraction of sp³-hybridized carbons (Fsp3) is 0.190. The van der Waals surface area contributed by atoms with Crippen LogP contribution in [0.25, 0.3) is 10.2 Å². The monoisotopic (exact) mass is 424 g/mol. The van der Waals surface area contributed by atoms with E-state index in [1.165, 1.54) is 23.1 Å². The summed E-state index contributed by atoms with van der Waals surface area (Å²) in [5.74, 6) is -0.294. The zero-order chi connectivity index (χ0) is 20.5. The average molecular weight is 425 g/mol. The quantitative estimate of drug-likeness (QED) is 0.471. The SMILES string of the molecule is CC(=O)Nc1nc2ccc(NC(=O)c3cc(C)n(Cc4cccs4)c3C)cc2s1. The maximum absolute atomic E-state index is 12.9. The lowest BCUT2D eigenvalue weighted by Gasteiger charge is -2.09. The molecule has 0 fully saturated rings. The van der Waals surface area contributed by atoms with E-state index in [4.69, 9.17) is 0 Å². The summed E-state index contributed by atoms with van der Waals surface area (Å²) in [6, 6.07) is 11.6. The summed E-state index contributed by atoms with van der Waals surface area (Å²) in [5, 5.41) is 8.29. The molecule has 0 aliphatic rings. The Morgan fingerprint density at radius 1 is 1.14 bits per heavy atom. The zero-order valence-electron chi connectivity index (χ0n) is 16.3. The van der Waals surface area contributed by atoms with Gasteiger partial charge in [-0.3, -0.25) is 9.59 Å². The molecule has 0 unspecified atom stereocenters. The van der Waals surface area contributed by atoms with Crippen molar-refractivity contribution < 1.29 is 9.59 Å². The van der Waals surface area contributed by atoms with Crippen molar-refractivity contribution in [1.82, 2.24) is 9.55 Å². The van der Waals surface area contributed by atoms with Crippen molar-refractivity contribution in [3.8, 4) is 0 Å². The van der Waals surface area contributed by atoms with Crippen molar-refractivity contribution in [2.24, 2.45) is 0 Å². The zero-order valence-corrected chi connectivity index (χ0v) is 17.9. The summed E-state index contributed by atoms with van der Waals surface area (Å²) < 4.78 is 3.06. The number of rotatable bonds is 5. The van der Waals surface area contributed by atoms with Crippen molar-refractivity contribution in [1.29, 1.82) is 0 Å². The Labute approximate surface area is 176 Å². The van der Waals surface area contributed by atoms with E-state index in [0.29, 0.717) is 16.4 Å². The highest BCUT2D eigenvalue weighted by Crippen LogP contribution is 2.29. The Morgan fingerprint density at radius 2 is 1.97 bits per heavy atom. The minimum atomic E-state index is -0.157. The molecule has 3 aromatic heterocycles. The summed E-state index contributed by atoms with van der Waals surface area (Å²) in [4.78, 5) is 29.7. The molecule has 29 heavy (non-hydrogen) atoms. The molecule has 148 valence electrons. The van der Waals surface area contributed by atoms with Gasteiger partial charge in [0.05, 0.1) is 22.3 Å². The van der Waals surface area contributed by atoms with Gasteiger partial charge in [0.1, 0.15) is 0 Å². The third kappa shape index (κ3) is 4.08. The van der Waals surface area contributed by atoms with Gasteiger partial charge in [-0.25, -0.2) is 4.98 Å². The molecule has 0 bridgehead atoms. The number of nitrogens with zero attached hydrogens (tertiary/aromatic N) is 2. The standard InChI is InChI=1S/C21H20N4O2S2/c1-12-9-17(13(2)25(12)11-16-5-4-8-28-16)20(27)23-15-6-7-18-19(10-15)29-21(24-18)22-14(3)26/h4-10H,11H2,1-3H3,(H,23,27)(H,22,24,26). The normalized spacial score (nSPS) is 11.0. The van der Waals surface area contributed by atoms with Crippen LogP contribution in [-0.4, -0.2) is 21.4 Å². The third-order valence-corrected chi connectivity index (χ3v) is 6.44. The van der Waals surface area contributed by atoms with E-state index in [9.17, 15) is 9.59 Å². The number of thiophene rings is 1. The first kappa shape index (κ1) is 19.4. The first-order valence-corrected chi connectivity index (χ1v) is 10.8. The summed E-state index contributed by atoms with van der Waals surface area (Å²) in [7, 11) is 0. The molecule has 4 rings (SSSR count). The second-order valence-corrected chi connectivity index (χ2v) is 8.85. The van der Waals surface area contributed by atoms with Gasteiger partial charge in [-0.05, 0) is 49.6 Å². The number of thiazole rings is 1. The molecular formula is C21H20N4O2S2. The van der Waals surface area contributed by atoms with Crippen LogP contribution in [0, 0.1) is 13.8 Å². The molecule has 3 heterocycles. The summed E-state index contributed by atoms with van der Waals surface area (Å²) in [6.07, 6.45) is 0. The largest absolute Gasteiger partial charge is 0.343 e. The lowest BCUT2D eigenvalue weighted by molar-refractivity contribution is -0.114. The predicted octanol–water partition coefficient (Wildman–Crippen LogP) is 5.04. The molecule has 2 amide bonds. The van der Waals surface area contributed by atoms with Crippen molar-refractivity contribution in [3.05, 3.63) is 63.6 Å². The van der Waals surface area contributed by atoms with Crippen molar-refractivity contribution in [2.75, 3.05) is 10.6 Å². The minimum absolute atomic E-state index is 0.138. The first-order chi connectivity index (χ1) is 13.9. The number of hydrogen-bond donors (Lipinski definition) is 2. The number of benzene rings is 1. The smallest absolute Gasteiger partial charge is 0.257 e. The molecule has 0 aliphatic heterocycles. The molecule has 8 heteroatoms. The fourth-order valence-electron chi connectivity index (χ4n) is 3.24. The van der Waals surface area contributed by atoms with E-state index >= 15 is 0 Å². The summed E-state index contributed by atoms with van der Waals surface area (Å²) in [6.45, 7) is 6.21. The van der Waals surface area contributed by atoms with Crippen molar-refractivity contribution >= 4 is 55.5 Å². The van der Waals surface area contributed by atoms with E-state index in [0.717, 1.165) is 28.1 Å². The third-order valence-electron chi connectivity index (χ3n) is 4.64. The van der Waals surface area contributed by atoms with Gasteiger partial charge in [-0.15, -0.1) is 11.3 Å². The van der Waals surface area contributed by atoms with Crippen molar-refractivity contribution in [3.63, 3.8) is 0 Å². The van der Waals surface area contributed by atoms with Crippen LogP contribution in [0.3, 0.4) is 0 Å². The van der Waals surface area contributed by atoms with Crippen LogP contribution in [0.5, 0.6) is 0 Å². The molecule has 4 aromatic rings. The Kier molecular flexibility index (Phi) is 5.21. The van der Waals surface area contributed by atoms with Crippen LogP contribution in [-0.2, 0) is 11.3 Å².